The summed E-state index contributed by atoms with van der Waals surface area (Å²) in [7, 11) is 0. The number of nitriles is 1. The first kappa shape index (κ1) is 15.8. The summed E-state index contributed by atoms with van der Waals surface area (Å²) in [6.07, 6.45) is 1.52. The van der Waals surface area contributed by atoms with Crippen LogP contribution in [0.4, 0.5) is 0 Å². The van der Waals surface area contributed by atoms with Crippen molar-refractivity contribution >= 4 is 10.9 Å². The molecule has 6 nitrogen and oxygen atoms in total. The van der Waals surface area contributed by atoms with Crippen LogP contribution >= 0.6 is 0 Å². The zero-order chi connectivity index (χ0) is 18.1. The molecule has 0 unspecified atom stereocenters. The minimum atomic E-state index is -0.141. The quantitative estimate of drug-likeness (QED) is 0.574. The van der Waals surface area contributed by atoms with Gasteiger partial charge in [-0.05, 0) is 31.2 Å². The van der Waals surface area contributed by atoms with Crippen molar-refractivity contribution in [3.05, 3.63) is 88.2 Å². The van der Waals surface area contributed by atoms with Gasteiger partial charge in [-0.2, -0.15) is 10.4 Å². The zero-order valence-electron chi connectivity index (χ0n) is 14.1. The molecule has 6 heteroatoms. The molecule has 0 spiro atoms. The number of rotatable bonds is 3. The Morgan fingerprint density at radius 3 is 2.58 bits per heavy atom. The molecule has 0 amide bonds. The van der Waals surface area contributed by atoms with Crippen LogP contribution in [0.2, 0.25) is 0 Å². The van der Waals surface area contributed by atoms with Gasteiger partial charge in [0.15, 0.2) is 0 Å². The Kier molecular flexibility index (Phi) is 3.82. The van der Waals surface area contributed by atoms with Crippen LogP contribution in [0.1, 0.15) is 17.0 Å². The summed E-state index contributed by atoms with van der Waals surface area (Å²) in [4.78, 5) is 17.2. The summed E-state index contributed by atoms with van der Waals surface area (Å²) < 4.78 is 3.23. The van der Waals surface area contributed by atoms with Crippen molar-refractivity contribution in [2.75, 3.05) is 0 Å². The van der Waals surface area contributed by atoms with Gasteiger partial charge >= 0.3 is 0 Å². The molecule has 2 aromatic heterocycles. The maximum absolute atomic E-state index is 12.8. The summed E-state index contributed by atoms with van der Waals surface area (Å²) in [5.74, 6) is 0. The average Bonchev–Trinajstić information content (AvgIpc) is 3.00. The summed E-state index contributed by atoms with van der Waals surface area (Å²) in [6, 6.07) is 19.0. The van der Waals surface area contributed by atoms with Crippen LogP contribution in [0.5, 0.6) is 0 Å². The lowest BCUT2D eigenvalue weighted by Gasteiger charge is -2.10. The van der Waals surface area contributed by atoms with E-state index in [2.05, 4.69) is 16.2 Å². The van der Waals surface area contributed by atoms with Gasteiger partial charge in [-0.3, -0.25) is 9.36 Å². The highest BCUT2D eigenvalue weighted by Crippen LogP contribution is 2.19. The normalized spacial score (nSPS) is 10.8. The molecule has 4 aromatic rings. The molecule has 0 atom stereocenters. The van der Waals surface area contributed by atoms with Crippen LogP contribution in [0.15, 0.2) is 65.7 Å². The third-order valence-electron chi connectivity index (χ3n) is 4.32. The maximum atomic E-state index is 12.8. The van der Waals surface area contributed by atoms with E-state index in [0.717, 1.165) is 5.69 Å². The van der Waals surface area contributed by atoms with Crippen molar-refractivity contribution < 1.29 is 0 Å². The van der Waals surface area contributed by atoms with Crippen molar-refractivity contribution in [3.63, 3.8) is 0 Å². The molecule has 0 radical (unpaired) electrons. The van der Waals surface area contributed by atoms with Crippen molar-refractivity contribution in [3.8, 4) is 11.8 Å². The molecule has 126 valence electrons. The molecule has 2 aromatic carbocycles. The number of benzene rings is 2. The molecule has 0 aliphatic heterocycles. The molecule has 0 saturated heterocycles. The molecule has 0 bridgehead atoms. The first-order valence-electron chi connectivity index (χ1n) is 8.17. The topological polar surface area (TPSA) is 76.5 Å². The minimum Gasteiger partial charge on any atom is -0.293 e. The van der Waals surface area contributed by atoms with Crippen LogP contribution in [0.25, 0.3) is 16.6 Å². The van der Waals surface area contributed by atoms with Crippen molar-refractivity contribution in [2.24, 2.45) is 0 Å². The second kappa shape index (κ2) is 6.30. The van der Waals surface area contributed by atoms with Crippen LogP contribution in [0.3, 0.4) is 0 Å². The first-order valence-corrected chi connectivity index (χ1v) is 8.17. The Hall–Kier alpha value is -3.72. The van der Waals surface area contributed by atoms with E-state index in [1.165, 1.54) is 10.9 Å². The van der Waals surface area contributed by atoms with E-state index in [9.17, 15) is 10.1 Å². The predicted molar refractivity (Wildman–Crippen MR) is 98.1 cm³/mol. The Morgan fingerprint density at radius 2 is 1.81 bits per heavy atom. The summed E-state index contributed by atoms with van der Waals surface area (Å²) >= 11 is 0. The van der Waals surface area contributed by atoms with Gasteiger partial charge in [0.05, 0.1) is 46.4 Å². The van der Waals surface area contributed by atoms with Gasteiger partial charge in [-0.1, -0.05) is 30.3 Å². The fraction of sp³-hybridized carbons (Fsp3) is 0.100. The lowest BCUT2D eigenvalue weighted by atomic mass is 10.2. The number of nitrogens with zero attached hydrogens (tertiary/aromatic N) is 5. The molecule has 0 N–H and O–H groups in total. The van der Waals surface area contributed by atoms with E-state index in [1.54, 1.807) is 23.7 Å². The Labute approximate surface area is 149 Å². The van der Waals surface area contributed by atoms with Gasteiger partial charge in [0, 0.05) is 0 Å². The summed E-state index contributed by atoms with van der Waals surface area (Å²) in [5.41, 5.74) is 3.13. The lowest BCUT2D eigenvalue weighted by molar-refractivity contribution is 0.689. The van der Waals surface area contributed by atoms with Gasteiger partial charge < -0.3 is 0 Å². The Balaban J connectivity index is 1.88. The smallest absolute Gasteiger partial charge is 0.261 e. The number of fused-ring (bicyclic) bond motifs is 1. The Morgan fingerprint density at radius 1 is 1.08 bits per heavy atom. The molecule has 4 rings (SSSR count). The van der Waals surface area contributed by atoms with Crippen LogP contribution in [-0.4, -0.2) is 19.3 Å². The van der Waals surface area contributed by atoms with E-state index < -0.39 is 0 Å². The maximum Gasteiger partial charge on any atom is 0.261 e. The van der Waals surface area contributed by atoms with Gasteiger partial charge in [0.2, 0.25) is 0 Å². The number of hydrogen-bond acceptors (Lipinski definition) is 4. The SMILES string of the molecule is Cc1nn(-c2ccccc2)c(Cn2cnc3ccccc3c2=O)c1C#N. The molecule has 2 heterocycles. The van der Waals surface area contributed by atoms with E-state index >= 15 is 0 Å². The standard InChI is InChI=1S/C20H15N5O/c1-14-17(11-21)19(25(23-14)15-7-3-2-4-8-15)12-24-13-22-18-10-6-5-9-16(18)20(24)26/h2-10,13H,12H2,1H3. The Bertz CT molecular complexity index is 1200. The van der Waals surface area contributed by atoms with Crippen LogP contribution in [0, 0.1) is 18.3 Å². The molecule has 0 aliphatic carbocycles. The van der Waals surface area contributed by atoms with E-state index in [4.69, 9.17) is 0 Å². The van der Waals surface area contributed by atoms with Gasteiger partial charge in [0.1, 0.15) is 6.07 Å². The fourth-order valence-corrected chi connectivity index (χ4v) is 3.03. The lowest BCUT2D eigenvalue weighted by Crippen LogP contribution is -2.22. The third kappa shape index (κ3) is 2.56. The van der Waals surface area contributed by atoms with Gasteiger partial charge in [-0.15, -0.1) is 0 Å². The summed E-state index contributed by atoms with van der Waals surface area (Å²) in [6.45, 7) is 2.01. The largest absolute Gasteiger partial charge is 0.293 e. The highest BCUT2D eigenvalue weighted by molar-refractivity contribution is 5.76. The minimum absolute atomic E-state index is 0.141. The highest BCUT2D eigenvalue weighted by Gasteiger charge is 2.17. The molecule has 26 heavy (non-hydrogen) atoms. The number of hydrogen-bond donors (Lipinski definition) is 0. The third-order valence-corrected chi connectivity index (χ3v) is 4.32. The van der Waals surface area contributed by atoms with E-state index in [1.807, 2.05) is 42.5 Å². The zero-order valence-corrected chi connectivity index (χ0v) is 14.1. The van der Waals surface area contributed by atoms with Crippen molar-refractivity contribution in [2.45, 2.75) is 13.5 Å². The average molecular weight is 341 g/mol. The van der Waals surface area contributed by atoms with Crippen LogP contribution in [-0.2, 0) is 6.54 Å². The van der Waals surface area contributed by atoms with Gasteiger partial charge in [0.25, 0.3) is 5.56 Å². The number of aryl methyl sites for hydroxylation is 1. The molecular formula is C20H15N5O. The van der Waals surface area contributed by atoms with Crippen molar-refractivity contribution in [1.82, 2.24) is 19.3 Å². The molecule has 0 saturated carbocycles. The fourth-order valence-electron chi connectivity index (χ4n) is 3.03. The molecule has 0 fully saturated rings. The summed E-state index contributed by atoms with van der Waals surface area (Å²) in [5, 5.41) is 14.6. The van der Waals surface area contributed by atoms with E-state index in [-0.39, 0.29) is 12.1 Å². The van der Waals surface area contributed by atoms with Crippen LogP contribution < -0.4 is 5.56 Å². The monoisotopic (exact) mass is 341 g/mol. The highest BCUT2D eigenvalue weighted by atomic mass is 16.1. The second-order valence-electron chi connectivity index (χ2n) is 5.96. The predicted octanol–water partition coefficient (Wildman–Crippen LogP) is 2.81. The molecular weight excluding hydrogens is 326 g/mol. The number of para-hydroxylation sites is 2. The second-order valence-corrected chi connectivity index (χ2v) is 5.96. The number of aromatic nitrogens is 4. The van der Waals surface area contributed by atoms with Gasteiger partial charge in [-0.25, -0.2) is 9.67 Å². The first-order chi connectivity index (χ1) is 12.7. The van der Waals surface area contributed by atoms with E-state index in [0.29, 0.717) is 27.9 Å². The van der Waals surface area contributed by atoms with Crippen molar-refractivity contribution in [1.29, 1.82) is 5.26 Å². The molecule has 0 aliphatic rings.